The number of nitrogens with one attached hydrogen (secondary N) is 1. The van der Waals surface area contributed by atoms with Crippen LogP contribution >= 0.6 is 0 Å². The van der Waals surface area contributed by atoms with E-state index >= 15 is 0 Å². The van der Waals surface area contributed by atoms with Gasteiger partial charge in [-0.1, -0.05) is 6.92 Å². The van der Waals surface area contributed by atoms with Crippen LogP contribution in [0.4, 0.5) is 5.82 Å². The number of pyridine rings is 1. The maximum Gasteiger partial charge on any atom is 0.268 e. The van der Waals surface area contributed by atoms with E-state index in [1.165, 1.54) is 25.5 Å². The zero-order chi connectivity index (χ0) is 28.4. The Morgan fingerprint density at radius 1 is 1.15 bits per heavy atom. The lowest BCUT2D eigenvalue weighted by atomic mass is 9.97. The van der Waals surface area contributed by atoms with Crippen molar-refractivity contribution in [2.45, 2.75) is 76.3 Å². The van der Waals surface area contributed by atoms with E-state index in [1.54, 1.807) is 41.5 Å². The second-order valence-electron chi connectivity index (χ2n) is 12.6. The molecule has 1 amide bonds. The molecule has 0 spiro atoms. The summed E-state index contributed by atoms with van der Waals surface area (Å²) in [7, 11) is -2.33. The summed E-state index contributed by atoms with van der Waals surface area (Å²) in [5.74, 6) is 2.62. The van der Waals surface area contributed by atoms with Gasteiger partial charge in [-0.05, 0) is 88.3 Å². The monoisotopic (exact) mass is 566 g/mol. The molecule has 2 aliphatic carbocycles. The second kappa shape index (κ2) is 9.64. The number of fused-ring (bicyclic) bond motifs is 2. The van der Waals surface area contributed by atoms with Crippen molar-refractivity contribution in [2.75, 3.05) is 11.4 Å². The molecule has 3 aromatic heterocycles. The largest absolute Gasteiger partial charge is 0.473 e. The third kappa shape index (κ3) is 4.88. The van der Waals surface area contributed by atoms with E-state index < -0.39 is 15.9 Å². The molecule has 2 saturated carbocycles. The molecule has 10 nitrogen and oxygen atoms in total. The number of hydrogen-bond donors (Lipinski definition) is 1. The van der Waals surface area contributed by atoms with Gasteiger partial charge in [0.15, 0.2) is 5.82 Å². The summed E-state index contributed by atoms with van der Waals surface area (Å²) in [5, 5.41) is 4.65. The standard InChI is InChI=1S/C29H38N6O4S/c1-18-14-29(3,4)34(15-18)27-22(28(36)32-40(37,38)24-17-33(5)16-19(24)2)8-9-25(30-27)35-11-10-26(31-35)39-23-13-20-6-7-21(23)12-20/h8-11,16-18,20-21,23H,6-7,12-15H2,1-5H3,(H,32,36)/t18-,20-,21+,23?/m0/s1. The first-order valence-corrected chi connectivity index (χ1v) is 15.6. The molecule has 214 valence electrons. The molecule has 4 heterocycles. The minimum atomic E-state index is -4.07. The molecule has 3 aromatic rings. The van der Waals surface area contributed by atoms with Crippen LogP contribution < -0.4 is 14.4 Å². The zero-order valence-electron chi connectivity index (χ0n) is 23.8. The molecule has 0 radical (unpaired) electrons. The first kappa shape index (κ1) is 26.9. The van der Waals surface area contributed by atoms with Gasteiger partial charge in [0.2, 0.25) is 5.88 Å². The Morgan fingerprint density at radius 3 is 2.58 bits per heavy atom. The van der Waals surface area contributed by atoms with E-state index in [9.17, 15) is 13.2 Å². The average molecular weight is 567 g/mol. The number of sulfonamides is 1. The first-order chi connectivity index (χ1) is 18.9. The van der Waals surface area contributed by atoms with Crippen molar-refractivity contribution in [1.82, 2.24) is 24.1 Å². The first-order valence-electron chi connectivity index (χ1n) is 14.1. The van der Waals surface area contributed by atoms with Crippen molar-refractivity contribution in [3.8, 4) is 11.7 Å². The fourth-order valence-corrected chi connectivity index (χ4v) is 8.34. The highest BCUT2D eigenvalue weighted by atomic mass is 32.2. The van der Waals surface area contributed by atoms with Crippen molar-refractivity contribution in [1.29, 1.82) is 0 Å². The van der Waals surface area contributed by atoms with Crippen molar-refractivity contribution in [2.24, 2.45) is 24.8 Å². The van der Waals surface area contributed by atoms with Crippen LogP contribution in [0.1, 0.15) is 68.8 Å². The molecule has 2 bridgehead atoms. The number of rotatable bonds is 7. The molecule has 40 heavy (non-hydrogen) atoms. The zero-order valence-corrected chi connectivity index (χ0v) is 24.6. The van der Waals surface area contributed by atoms with E-state index in [2.05, 4.69) is 35.5 Å². The summed E-state index contributed by atoms with van der Waals surface area (Å²) in [6.07, 6.45) is 11.0. The van der Waals surface area contributed by atoms with Gasteiger partial charge in [-0.25, -0.2) is 22.8 Å². The van der Waals surface area contributed by atoms with E-state index in [0.717, 1.165) is 18.8 Å². The van der Waals surface area contributed by atoms with Crippen LogP contribution in [0.5, 0.6) is 5.88 Å². The van der Waals surface area contributed by atoms with Gasteiger partial charge in [-0.2, -0.15) is 0 Å². The number of carbonyl (C=O) groups is 1. The molecule has 0 aromatic carbocycles. The van der Waals surface area contributed by atoms with Gasteiger partial charge in [0, 0.05) is 43.8 Å². The van der Waals surface area contributed by atoms with Crippen molar-refractivity contribution in [3.63, 3.8) is 0 Å². The van der Waals surface area contributed by atoms with Gasteiger partial charge in [-0.15, -0.1) is 5.10 Å². The van der Waals surface area contributed by atoms with E-state index in [-0.39, 0.29) is 22.1 Å². The Bertz CT molecular complexity index is 1560. The molecular weight excluding hydrogens is 528 g/mol. The van der Waals surface area contributed by atoms with Gasteiger partial charge in [0.1, 0.15) is 16.8 Å². The Morgan fingerprint density at radius 2 is 1.95 bits per heavy atom. The lowest BCUT2D eigenvalue weighted by Crippen LogP contribution is -2.41. The Kier molecular flexibility index (Phi) is 6.47. The maximum absolute atomic E-state index is 13.5. The quantitative estimate of drug-likeness (QED) is 0.456. The fraction of sp³-hybridized carbons (Fsp3) is 0.552. The maximum atomic E-state index is 13.5. The van der Waals surface area contributed by atoms with Crippen molar-refractivity contribution >= 4 is 21.7 Å². The third-order valence-electron chi connectivity index (χ3n) is 8.80. The van der Waals surface area contributed by atoms with Gasteiger partial charge < -0.3 is 14.2 Å². The predicted molar refractivity (Wildman–Crippen MR) is 151 cm³/mol. The summed E-state index contributed by atoms with van der Waals surface area (Å²) < 4.78 is 38.1. The molecule has 3 aliphatic rings. The van der Waals surface area contributed by atoms with Crippen LogP contribution in [0.2, 0.25) is 0 Å². The van der Waals surface area contributed by atoms with Gasteiger partial charge in [0.25, 0.3) is 15.9 Å². The number of ether oxygens (including phenoxy) is 1. The molecule has 1 unspecified atom stereocenters. The molecular formula is C29H38N6O4S. The molecule has 1 aliphatic heterocycles. The number of aromatic nitrogens is 4. The number of hydrogen-bond acceptors (Lipinski definition) is 7. The van der Waals surface area contributed by atoms with E-state index in [1.807, 2.05) is 12.3 Å². The Labute approximate surface area is 235 Å². The molecule has 6 rings (SSSR count). The van der Waals surface area contributed by atoms with Crippen LogP contribution in [0.15, 0.2) is 41.7 Å². The lowest BCUT2D eigenvalue weighted by molar-refractivity contribution is 0.0981. The summed E-state index contributed by atoms with van der Waals surface area (Å²) in [4.78, 5) is 20.6. The molecule has 1 N–H and O–H groups in total. The number of anilines is 1. The highest BCUT2D eigenvalue weighted by molar-refractivity contribution is 7.90. The number of amides is 1. The van der Waals surface area contributed by atoms with E-state index in [4.69, 9.17) is 9.72 Å². The average Bonchev–Trinajstić information content (AvgIpc) is 3.69. The highest BCUT2D eigenvalue weighted by Gasteiger charge is 2.42. The summed E-state index contributed by atoms with van der Waals surface area (Å²) in [6.45, 7) is 8.80. The topological polar surface area (TPSA) is 111 Å². The minimum absolute atomic E-state index is 0.0733. The smallest absolute Gasteiger partial charge is 0.268 e. The third-order valence-corrected chi connectivity index (χ3v) is 10.3. The van der Waals surface area contributed by atoms with Gasteiger partial charge in [-0.3, -0.25) is 4.79 Å². The number of carbonyl (C=O) groups excluding carboxylic acids is 1. The lowest BCUT2D eigenvalue weighted by Gasteiger charge is -2.34. The van der Waals surface area contributed by atoms with Crippen LogP contribution in [0, 0.1) is 24.7 Å². The number of nitrogens with zero attached hydrogens (tertiary/aromatic N) is 5. The van der Waals surface area contributed by atoms with Crippen molar-refractivity contribution in [3.05, 3.63) is 47.9 Å². The van der Waals surface area contributed by atoms with E-state index in [0.29, 0.717) is 41.5 Å². The van der Waals surface area contributed by atoms with Crippen LogP contribution in [0.3, 0.4) is 0 Å². The number of aryl methyl sites for hydroxylation is 2. The summed E-state index contributed by atoms with van der Waals surface area (Å²) >= 11 is 0. The second-order valence-corrected chi connectivity index (χ2v) is 14.3. The van der Waals surface area contributed by atoms with Crippen molar-refractivity contribution < 1.29 is 17.9 Å². The predicted octanol–water partition coefficient (Wildman–Crippen LogP) is 4.23. The molecule has 1 saturated heterocycles. The van der Waals surface area contributed by atoms with Crippen LogP contribution in [-0.4, -0.2) is 51.8 Å². The highest BCUT2D eigenvalue weighted by Crippen LogP contribution is 2.46. The Balaban J connectivity index is 1.31. The molecule has 4 atom stereocenters. The fourth-order valence-electron chi connectivity index (χ4n) is 7.10. The summed E-state index contributed by atoms with van der Waals surface area (Å²) in [6, 6.07) is 5.18. The normalized spacial score (nSPS) is 25.5. The Hall–Kier alpha value is -3.34. The SMILES string of the molecule is Cc1cn(C)cc1S(=O)(=O)NC(=O)c1ccc(-n2ccc(OC3C[C@H]4CC[C@@H]3C4)n2)nc1N1C[C@@H](C)CC1(C)C. The molecule has 11 heteroatoms. The minimum Gasteiger partial charge on any atom is -0.473 e. The van der Waals surface area contributed by atoms with Crippen LogP contribution in [0.25, 0.3) is 5.82 Å². The van der Waals surface area contributed by atoms with Gasteiger partial charge >= 0.3 is 0 Å². The van der Waals surface area contributed by atoms with Gasteiger partial charge in [0.05, 0.1) is 5.56 Å². The molecule has 3 fully saturated rings. The summed E-state index contributed by atoms with van der Waals surface area (Å²) in [5.41, 5.74) is 0.497. The van der Waals surface area contributed by atoms with Crippen LogP contribution in [-0.2, 0) is 17.1 Å².